The molecule has 1 atom stereocenters. The van der Waals surface area contributed by atoms with Gasteiger partial charge in [-0.15, -0.1) is 24.0 Å². The topological polar surface area (TPSA) is 55.8 Å². The van der Waals surface area contributed by atoms with Crippen molar-refractivity contribution >= 4 is 41.4 Å². The molecule has 0 aliphatic carbocycles. The molecule has 1 fully saturated rings. The molecule has 1 aromatic heterocycles. The third kappa shape index (κ3) is 6.48. The van der Waals surface area contributed by atoms with Crippen molar-refractivity contribution in [1.82, 2.24) is 15.6 Å². The number of nitrogens with zero attached hydrogens (tertiary/aromatic N) is 4. The van der Waals surface area contributed by atoms with E-state index in [4.69, 9.17) is 0 Å². The van der Waals surface area contributed by atoms with Gasteiger partial charge in [0.2, 0.25) is 0 Å². The monoisotopic (exact) mass is 508 g/mol. The molecule has 1 aliphatic rings. The quantitative estimate of drug-likeness (QED) is 0.341. The highest BCUT2D eigenvalue weighted by Crippen LogP contribution is 2.19. The van der Waals surface area contributed by atoms with Crippen molar-refractivity contribution in [2.45, 2.75) is 32.9 Å². The Labute approximate surface area is 191 Å². The van der Waals surface area contributed by atoms with Gasteiger partial charge in [-0.05, 0) is 44.0 Å². The lowest BCUT2D eigenvalue weighted by atomic mass is 10.2. The molecular weight excluding hydrogens is 475 g/mol. The number of hydrogen-bond acceptors (Lipinski definition) is 4. The van der Waals surface area contributed by atoms with Crippen molar-refractivity contribution in [3.63, 3.8) is 0 Å². The Morgan fingerprint density at radius 3 is 2.55 bits per heavy atom. The van der Waals surface area contributed by atoms with Crippen molar-refractivity contribution in [2.24, 2.45) is 4.99 Å². The number of guanidine groups is 1. The van der Waals surface area contributed by atoms with Crippen LogP contribution in [0.5, 0.6) is 0 Å². The zero-order chi connectivity index (χ0) is 19.8. The summed E-state index contributed by atoms with van der Waals surface area (Å²) < 4.78 is 0. The number of benzene rings is 1. The largest absolute Gasteiger partial charge is 0.369 e. The summed E-state index contributed by atoms with van der Waals surface area (Å²) in [6, 6.07) is 15.2. The van der Waals surface area contributed by atoms with E-state index in [1.807, 2.05) is 13.2 Å². The van der Waals surface area contributed by atoms with Gasteiger partial charge >= 0.3 is 0 Å². The Balaban J connectivity index is 0.00000300. The van der Waals surface area contributed by atoms with Crippen molar-refractivity contribution in [3.8, 4) is 0 Å². The fourth-order valence-corrected chi connectivity index (χ4v) is 3.58. The molecule has 0 bridgehead atoms. The fourth-order valence-electron chi connectivity index (χ4n) is 3.58. The second kappa shape index (κ2) is 11.8. The van der Waals surface area contributed by atoms with Crippen molar-refractivity contribution in [2.75, 3.05) is 43.0 Å². The summed E-state index contributed by atoms with van der Waals surface area (Å²) in [5, 5.41) is 6.96. The third-order valence-electron chi connectivity index (χ3n) is 5.23. The number of aromatic nitrogens is 1. The first kappa shape index (κ1) is 23.3. The highest BCUT2D eigenvalue weighted by Gasteiger charge is 2.23. The number of pyridine rings is 1. The predicted molar refractivity (Wildman–Crippen MR) is 134 cm³/mol. The molecule has 29 heavy (non-hydrogen) atoms. The van der Waals surface area contributed by atoms with Crippen LogP contribution in [0.15, 0.2) is 53.7 Å². The number of anilines is 2. The van der Waals surface area contributed by atoms with Gasteiger partial charge in [0.25, 0.3) is 0 Å². The first-order valence-electron chi connectivity index (χ1n) is 10.2. The highest BCUT2D eigenvalue weighted by molar-refractivity contribution is 14.0. The lowest BCUT2D eigenvalue weighted by Crippen LogP contribution is -2.44. The van der Waals surface area contributed by atoms with Gasteiger partial charge in [0.05, 0.1) is 0 Å². The molecule has 0 amide bonds. The zero-order valence-corrected chi connectivity index (χ0v) is 20.0. The Morgan fingerprint density at radius 2 is 1.93 bits per heavy atom. The number of hydrogen-bond donors (Lipinski definition) is 2. The number of aliphatic imine (C=N–C) groups is 1. The minimum absolute atomic E-state index is 0. The van der Waals surface area contributed by atoms with Gasteiger partial charge in [-0.3, -0.25) is 4.99 Å². The molecule has 6 nitrogen and oxygen atoms in total. The molecule has 0 saturated carbocycles. The van der Waals surface area contributed by atoms with Gasteiger partial charge in [0.1, 0.15) is 5.82 Å². The van der Waals surface area contributed by atoms with Gasteiger partial charge in [-0.25, -0.2) is 4.98 Å². The molecule has 2 N–H and O–H groups in total. The van der Waals surface area contributed by atoms with Crippen molar-refractivity contribution < 1.29 is 0 Å². The minimum Gasteiger partial charge on any atom is -0.369 e. The van der Waals surface area contributed by atoms with E-state index in [1.165, 1.54) is 5.69 Å². The minimum atomic E-state index is 0. The van der Waals surface area contributed by atoms with Gasteiger partial charge in [-0.1, -0.05) is 24.3 Å². The first-order valence-corrected chi connectivity index (χ1v) is 10.2. The number of nitrogens with one attached hydrogen (secondary N) is 2. The first-order chi connectivity index (χ1) is 13.7. The lowest BCUT2D eigenvalue weighted by molar-refractivity contribution is 0.648. The van der Waals surface area contributed by atoms with Crippen LogP contribution in [0.4, 0.5) is 11.5 Å². The smallest absolute Gasteiger partial charge is 0.191 e. The summed E-state index contributed by atoms with van der Waals surface area (Å²) >= 11 is 0. The fraction of sp³-hybridized carbons (Fsp3) is 0.455. The standard InChI is InChI=1S/C22H32N6.HI/c1-4-27(5-2)21-12-11-18(15-24-21)16-25-22(23-3)26-19-13-14-28(17-19)20-9-7-6-8-10-20;/h6-12,15,19H,4-5,13-14,16-17H2,1-3H3,(H2,23,25,26);1H. The maximum atomic E-state index is 4.59. The molecule has 1 unspecified atom stereocenters. The average Bonchev–Trinajstić information content (AvgIpc) is 3.22. The van der Waals surface area contributed by atoms with E-state index in [0.29, 0.717) is 12.6 Å². The maximum absolute atomic E-state index is 4.59. The van der Waals surface area contributed by atoms with Crippen LogP contribution in [-0.2, 0) is 6.54 Å². The van der Waals surface area contributed by atoms with E-state index < -0.39 is 0 Å². The summed E-state index contributed by atoms with van der Waals surface area (Å²) in [4.78, 5) is 13.6. The molecule has 1 aromatic carbocycles. The Hall–Kier alpha value is -2.03. The lowest BCUT2D eigenvalue weighted by Gasteiger charge is -2.21. The Kier molecular flexibility index (Phi) is 9.50. The summed E-state index contributed by atoms with van der Waals surface area (Å²) in [6.07, 6.45) is 3.05. The van der Waals surface area contributed by atoms with Crippen LogP contribution in [0.25, 0.3) is 0 Å². The van der Waals surface area contributed by atoms with E-state index >= 15 is 0 Å². The Bertz CT molecular complexity index is 746. The van der Waals surface area contributed by atoms with E-state index in [2.05, 4.69) is 86.7 Å². The molecule has 1 aliphatic heterocycles. The molecule has 2 heterocycles. The second-order valence-corrected chi connectivity index (χ2v) is 7.03. The van der Waals surface area contributed by atoms with Crippen LogP contribution in [0, 0.1) is 0 Å². The molecule has 1 saturated heterocycles. The van der Waals surface area contributed by atoms with E-state index in [0.717, 1.165) is 49.9 Å². The summed E-state index contributed by atoms with van der Waals surface area (Å²) in [5.41, 5.74) is 2.44. The molecule has 2 aromatic rings. The van der Waals surface area contributed by atoms with Gasteiger partial charge < -0.3 is 20.4 Å². The SMILES string of the molecule is CCN(CC)c1ccc(CNC(=NC)NC2CCN(c3ccccc3)C2)cn1.I. The van der Waals surface area contributed by atoms with Crippen molar-refractivity contribution in [3.05, 3.63) is 54.2 Å². The number of halogens is 1. The summed E-state index contributed by atoms with van der Waals surface area (Å²) in [7, 11) is 1.82. The average molecular weight is 508 g/mol. The maximum Gasteiger partial charge on any atom is 0.191 e. The van der Waals surface area contributed by atoms with Crippen molar-refractivity contribution in [1.29, 1.82) is 0 Å². The Morgan fingerprint density at radius 1 is 1.17 bits per heavy atom. The third-order valence-corrected chi connectivity index (χ3v) is 5.23. The molecule has 7 heteroatoms. The second-order valence-electron chi connectivity index (χ2n) is 7.03. The molecule has 0 spiro atoms. The highest BCUT2D eigenvalue weighted by atomic mass is 127. The van der Waals surface area contributed by atoms with Crippen LogP contribution >= 0.6 is 24.0 Å². The number of rotatable bonds is 7. The van der Waals surface area contributed by atoms with Gasteiger partial charge in [-0.2, -0.15) is 0 Å². The molecule has 3 rings (SSSR count). The summed E-state index contributed by atoms with van der Waals surface area (Å²) in [5.74, 6) is 1.87. The van der Waals surface area contributed by atoms with Gasteiger partial charge in [0, 0.05) is 57.7 Å². The molecule has 0 radical (unpaired) electrons. The van der Waals surface area contributed by atoms with E-state index in [1.54, 1.807) is 0 Å². The van der Waals surface area contributed by atoms with Crippen LogP contribution in [0.1, 0.15) is 25.8 Å². The van der Waals surface area contributed by atoms with Crippen LogP contribution in [0.2, 0.25) is 0 Å². The zero-order valence-electron chi connectivity index (χ0n) is 17.6. The van der Waals surface area contributed by atoms with Gasteiger partial charge in [0.15, 0.2) is 5.96 Å². The van der Waals surface area contributed by atoms with Crippen LogP contribution < -0.4 is 20.4 Å². The van der Waals surface area contributed by atoms with Crippen LogP contribution in [0.3, 0.4) is 0 Å². The van der Waals surface area contributed by atoms with E-state index in [-0.39, 0.29) is 24.0 Å². The van der Waals surface area contributed by atoms with E-state index in [9.17, 15) is 0 Å². The predicted octanol–water partition coefficient (Wildman–Crippen LogP) is 3.49. The number of para-hydroxylation sites is 1. The normalized spacial score (nSPS) is 16.3. The molecule has 158 valence electrons. The van der Waals surface area contributed by atoms with Crippen LogP contribution in [-0.4, -0.2) is 50.2 Å². The molecular formula is C22H33IN6. The summed E-state index contributed by atoms with van der Waals surface area (Å²) in [6.45, 7) is 9.01.